The van der Waals surface area contributed by atoms with E-state index < -0.39 is 0 Å². The minimum absolute atomic E-state index is 1.22. The van der Waals surface area contributed by atoms with Crippen molar-refractivity contribution in [3.63, 3.8) is 0 Å². The summed E-state index contributed by atoms with van der Waals surface area (Å²) < 4.78 is 4.89. The van der Waals surface area contributed by atoms with Gasteiger partial charge in [-0.15, -0.1) is 0 Å². The number of aromatic nitrogens is 2. The summed E-state index contributed by atoms with van der Waals surface area (Å²) in [6, 6.07) is 58.2. The minimum Gasteiger partial charge on any atom is -0.309 e. The van der Waals surface area contributed by atoms with Gasteiger partial charge in [0.25, 0.3) is 0 Å². The Morgan fingerprint density at radius 3 is 1.08 bits per heavy atom. The van der Waals surface area contributed by atoms with Crippen LogP contribution in [0.4, 0.5) is 0 Å². The van der Waals surface area contributed by atoms with Gasteiger partial charge in [0.15, 0.2) is 0 Å². The summed E-state index contributed by atoms with van der Waals surface area (Å²) in [5.41, 5.74) is 12.4. The molecule has 2 nitrogen and oxygen atoms in total. The van der Waals surface area contributed by atoms with Crippen LogP contribution in [0, 0.1) is 13.8 Å². The molecule has 0 N–H and O–H groups in total. The lowest BCUT2D eigenvalue weighted by Gasteiger charge is -2.14. The van der Waals surface area contributed by atoms with Gasteiger partial charge < -0.3 is 9.13 Å². The summed E-state index contributed by atoms with van der Waals surface area (Å²) in [5, 5.41) is 10.2. The van der Waals surface area contributed by atoms with Gasteiger partial charge in [-0.2, -0.15) is 0 Å². The molecule has 2 heteroatoms. The third kappa shape index (κ3) is 3.80. The lowest BCUT2D eigenvalue weighted by molar-refractivity contribution is 1.19. The van der Waals surface area contributed by atoms with E-state index in [1.54, 1.807) is 0 Å². The van der Waals surface area contributed by atoms with Gasteiger partial charge in [-0.05, 0) is 95.4 Å². The van der Waals surface area contributed by atoms with E-state index in [0.717, 1.165) is 0 Å². The molecular formula is C46H32N2. The highest BCUT2D eigenvalue weighted by Gasteiger charge is 2.18. The van der Waals surface area contributed by atoms with Gasteiger partial charge in [0.2, 0.25) is 0 Å². The molecule has 0 spiro atoms. The third-order valence-corrected chi connectivity index (χ3v) is 10.4. The molecule has 0 unspecified atom stereocenters. The number of para-hydroxylation sites is 2. The lowest BCUT2D eigenvalue weighted by Crippen LogP contribution is -1.96. The summed E-state index contributed by atoms with van der Waals surface area (Å²) >= 11 is 0. The predicted octanol–water partition coefficient (Wildman–Crippen LogP) is 12.5. The Morgan fingerprint density at radius 1 is 0.292 bits per heavy atom. The van der Waals surface area contributed by atoms with Crippen molar-refractivity contribution >= 4 is 65.2 Å². The van der Waals surface area contributed by atoms with E-state index in [9.17, 15) is 0 Å². The molecule has 2 aromatic heterocycles. The highest BCUT2D eigenvalue weighted by molar-refractivity contribution is 6.14. The van der Waals surface area contributed by atoms with E-state index in [0.29, 0.717) is 0 Å². The summed E-state index contributed by atoms with van der Waals surface area (Å²) in [6.45, 7) is 4.39. The maximum atomic E-state index is 2.44. The average molecular weight is 613 g/mol. The molecule has 8 aromatic carbocycles. The number of hydrogen-bond acceptors (Lipinski definition) is 0. The highest BCUT2D eigenvalue weighted by Crippen LogP contribution is 2.40. The lowest BCUT2D eigenvalue weighted by atomic mass is 10.0. The maximum absolute atomic E-state index is 2.44. The maximum Gasteiger partial charge on any atom is 0.0541 e. The largest absolute Gasteiger partial charge is 0.309 e. The van der Waals surface area contributed by atoms with E-state index in [1.807, 2.05) is 0 Å². The van der Waals surface area contributed by atoms with Crippen LogP contribution in [-0.4, -0.2) is 9.13 Å². The Morgan fingerprint density at radius 2 is 0.646 bits per heavy atom. The second-order valence-corrected chi connectivity index (χ2v) is 13.1. The van der Waals surface area contributed by atoms with Gasteiger partial charge in [-0.25, -0.2) is 0 Å². The van der Waals surface area contributed by atoms with E-state index in [1.165, 1.54) is 98.8 Å². The summed E-state index contributed by atoms with van der Waals surface area (Å²) in [6.07, 6.45) is 0. The van der Waals surface area contributed by atoms with E-state index in [2.05, 4.69) is 181 Å². The van der Waals surface area contributed by atoms with Gasteiger partial charge in [-0.3, -0.25) is 0 Å². The first-order valence-electron chi connectivity index (χ1n) is 16.7. The minimum atomic E-state index is 1.22. The molecule has 0 aliphatic rings. The normalized spacial score (nSPS) is 12.0. The average Bonchev–Trinajstić information content (AvgIpc) is 3.64. The molecule has 0 aliphatic heterocycles. The van der Waals surface area contributed by atoms with Crippen molar-refractivity contribution in [2.75, 3.05) is 0 Å². The topological polar surface area (TPSA) is 9.86 Å². The van der Waals surface area contributed by atoms with Crippen LogP contribution in [0.3, 0.4) is 0 Å². The van der Waals surface area contributed by atoms with Gasteiger partial charge in [0.1, 0.15) is 0 Å². The number of nitrogens with zero attached hydrogens (tertiary/aromatic N) is 2. The fourth-order valence-electron chi connectivity index (χ4n) is 8.08. The van der Waals surface area contributed by atoms with E-state index in [-0.39, 0.29) is 0 Å². The second-order valence-electron chi connectivity index (χ2n) is 13.1. The first-order chi connectivity index (χ1) is 23.7. The van der Waals surface area contributed by atoms with Crippen LogP contribution >= 0.6 is 0 Å². The summed E-state index contributed by atoms with van der Waals surface area (Å²) in [7, 11) is 0. The van der Waals surface area contributed by atoms with Crippen LogP contribution in [0.5, 0.6) is 0 Å². The second kappa shape index (κ2) is 10.2. The molecule has 0 fully saturated rings. The fourth-order valence-corrected chi connectivity index (χ4v) is 8.08. The van der Waals surface area contributed by atoms with Crippen molar-refractivity contribution in [3.8, 4) is 22.5 Å². The number of rotatable bonds is 3. The van der Waals surface area contributed by atoms with Crippen molar-refractivity contribution in [1.29, 1.82) is 0 Å². The van der Waals surface area contributed by atoms with Gasteiger partial charge in [0, 0.05) is 32.3 Å². The van der Waals surface area contributed by atoms with Crippen LogP contribution in [0.15, 0.2) is 158 Å². The fraction of sp³-hybridized carbons (Fsp3) is 0.0435. The monoisotopic (exact) mass is 612 g/mol. The molecule has 0 radical (unpaired) electrons. The first kappa shape index (κ1) is 27.0. The smallest absolute Gasteiger partial charge is 0.0541 e. The van der Waals surface area contributed by atoms with Crippen molar-refractivity contribution in [2.24, 2.45) is 0 Å². The predicted molar refractivity (Wildman–Crippen MR) is 205 cm³/mol. The Labute approximate surface area is 278 Å². The number of aryl methyl sites for hydroxylation is 2. The Balaban J connectivity index is 1.20. The molecule has 0 aliphatic carbocycles. The van der Waals surface area contributed by atoms with Crippen molar-refractivity contribution in [2.45, 2.75) is 13.8 Å². The van der Waals surface area contributed by atoms with Crippen LogP contribution in [0.1, 0.15) is 11.1 Å². The highest BCUT2D eigenvalue weighted by atomic mass is 15.0. The zero-order valence-corrected chi connectivity index (χ0v) is 26.9. The molecule has 2 heterocycles. The number of fused-ring (bicyclic) bond motifs is 8. The zero-order valence-electron chi connectivity index (χ0n) is 26.9. The van der Waals surface area contributed by atoms with Crippen molar-refractivity contribution < 1.29 is 0 Å². The number of benzene rings is 8. The first-order valence-corrected chi connectivity index (χ1v) is 16.7. The van der Waals surface area contributed by atoms with Crippen molar-refractivity contribution in [3.05, 3.63) is 169 Å². The molecule has 10 aromatic rings. The molecule has 0 saturated carbocycles. The molecule has 0 amide bonds. The van der Waals surface area contributed by atoms with Crippen LogP contribution in [-0.2, 0) is 0 Å². The van der Waals surface area contributed by atoms with Crippen LogP contribution in [0.2, 0.25) is 0 Å². The molecule has 10 rings (SSSR count). The molecule has 0 bridgehead atoms. The van der Waals surface area contributed by atoms with Crippen molar-refractivity contribution in [1.82, 2.24) is 9.13 Å². The zero-order chi connectivity index (χ0) is 31.9. The van der Waals surface area contributed by atoms with Crippen LogP contribution in [0.25, 0.3) is 87.7 Å². The van der Waals surface area contributed by atoms with Gasteiger partial charge in [-0.1, -0.05) is 109 Å². The Bertz CT molecular complexity index is 2720. The summed E-state index contributed by atoms with van der Waals surface area (Å²) in [4.78, 5) is 0. The molecule has 226 valence electrons. The molecular weight excluding hydrogens is 581 g/mol. The standard InChI is InChI=1S/C46H32N2/c1-29-19-23-43(35-13-5-3-11-33(29)35)47-41-17-9-7-15-37(41)39-27-31(21-25-45(39)47)32-22-26-46-40(28-32)38-16-8-10-18-42(38)48(46)44-24-20-30(2)34-12-4-6-14-36(34)44/h3-28H,1-2H3. The SMILES string of the molecule is Cc1ccc(-n2c3ccccc3c3cc(-c4ccc5c(c4)c4ccccc4n5-c4ccc(C)c5ccccc45)ccc32)c2ccccc12. The third-order valence-electron chi connectivity index (χ3n) is 10.4. The molecule has 0 atom stereocenters. The van der Waals surface area contributed by atoms with E-state index >= 15 is 0 Å². The van der Waals surface area contributed by atoms with Gasteiger partial charge in [0.05, 0.1) is 33.4 Å². The van der Waals surface area contributed by atoms with E-state index in [4.69, 9.17) is 0 Å². The Kier molecular flexibility index (Phi) is 5.74. The Hall–Kier alpha value is -6.12. The van der Waals surface area contributed by atoms with Crippen LogP contribution < -0.4 is 0 Å². The quantitative estimate of drug-likeness (QED) is 0.188. The molecule has 0 saturated heterocycles. The number of hydrogen-bond donors (Lipinski definition) is 0. The molecule has 48 heavy (non-hydrogen) atoms. The van der Waals surface area contributed by atoms with Gasteiger partial charge >= 0.3 is 0 Å². The summed E-state index contributed by atoms with van der Waals surface area (Å²) in [5.74, 6) is 0.